The minimum atomic E-state index is -4.44. The molecule has 0 radical (unpaired) electrons. The minimum Gasteiger partial charge on any atom is -0.382 e. The molecule has 0 amide bonds. The fourth-order valence-electron chi connectivity index (χ4n) is 5.19. The van der Waals surface area contributed by atoms with Crippen molar-refractivity contribution in [2.75, 3.05) is 24.7 Å². The third-order valence-electron chi connectivity index (χ3n) is 7.17. The first-order chi connectivity index (χ1) is 21.0. The number of nitrogens with one attached hydrogen (secondary N) is 1. The van der Waals surface area contributed by atoms with Crippen LogP contribution < -0.4 is 17.0 Å². The highest BCUT2D eigenvalue weighted by atomic mass is 32.7. The molecule has 0 spiro atoms. The van der Waals surface area contributed by atoms with Crippen LogP contribution in [0.25, 0.3) is 22.3 Å². The standard InChI is InChI=1S/C20H22F2N10O9P2S/c21-8-6-1-36-42(34)40-12-7(39-18(9(12)22)32-5-28-11-16(32)29-20(24)30-17(11)33)2-37-43(35,44)41-13(8)19(38-6)31-4-27-10-14(23)25-3-26-15(10)31/h3-9,12-13,18-19,42H,1-2H2,(H,35,44)(H2,23,25,26)(H3,24,29,30,33)/t6-,7-,8-,9-,12-,13-,18-,19-,43+/m1/s1. The van der Waals surface area contributed by atoms with Gasteiger partial charge in [0.25, 0.3) is 5.56 Å². The largest absolute Gasteiger partial charge is 0.386 e. The van der Waals surface area contributed by atoms with Gasteiger partial charge in [0.2, 0.25) is 5.95 Å². The SMILES string of the molecule is Nc1nc2c(ncn2[C@@H]2O[C@@H]3CO[P@](=O)(S)O[C@@H]4[C@H](F)[C@@H](CO[PH](=O)O[C@H]3[C@H]2F)O[C@H]4n2cnc3c(N)ncnc32)c(=O)[nH]1. The number of nitrogen functional groups attached to an aromatic ring is 2. The molecule has 44 heavy (non-hydrogen) atoms. The number of alkyl halides is 2. The minimum absolute atomic E-state index is 0.0484. The smallest absolute Gasteiger partial charge is 0.382 e. The number of thiol groups is 1. The van der Waals surface area contributed by atoms with Gasteiger partial charge in [0.05, 0.1) is 25.9 Å². The number of imidazole rings is 2. The Morgan fingerprint density at radius 2 is 1.70 bits per heavy atom. The van der Waals surface area contributed by atoms with Gasteiger partial charge in [0, 0.05) is 0 Å². The summed E-state index contributed by atoms with van der Waals surface area (Å²) in [5.41, 5.74) is 10.9. The van der Waals surface area contributed by atoms with Crippen molar-refractivity contribution in [1.29, 1.82) is 0 Å². The van der Waals surface area contributed by atoms with Crippen LogP contribution in [0.15, 0.2) is 23.8 Å². The van der Waals surface area contributed by atoms with Gasteiger partial charge in [-0.15, -0.1) is 0 Å². The summed E-state index contributed by atoms with van der Waals surface area (Å²) in [4.78, 5) is 34.5. The second-order valence-corrected chi connectivity index (χ2v) is 13.8. The number of aromatic amines is 1. The van der Waals surface area contributed by atoms with Gasteiger partial charge in [0.1, 0.15) is 36.3 Å². The molecule has 4 aromatic rings. The lowest BCUT2D eigenvalue weighted by molar-refractivity contribution is -0.0559. The van der Waals surface area contributed by atoms with Crippen LogP contribution in [0.4, 0.5) is 20.5 Å². The Labute approximate surface area is 249 Å². The van der Waals surface area contributed by atoms with Crippen LogP contribution >= 0.6 is 27.3 Å². The Morgan fingerprint density at radius 3 is 2.50 bits per heavy atom. The summed E-state index contributed by atoms with van der Waals surface area (Å²) < 4.78 is 93.4. The van der Waals surface area contributed by atoms with E-state index < -0.39 is 83.0 Å². The van der Waals surface area contributed by atoms with Crippen molar-refractivity contribution in [3.05, 3.63) is 29.3 Å². The van der Waals surface area contributed by atoms with Crippen molar-refractivity contribution in [2.45, 2.75) is 49.2 Å². The fourth-order valence-corrected chi connectivity index (χ4v) is 7.51. The number of anilines is 2. The number of rotatable bonds is 2. The normalized spacial score (nSPS) is 36.6. The number of hydrogen-bond donors (Lipinski definition) is 4. The number of nitrogens with two attached hydrogens (primary N) is 2. The molecule has 19 nitrogen and oxygen atoms in total. The summed E-state index contributed by atoms with van der Waals surface area (Å²) in [6, 6.07) is 0. The number of hydrogen-bond acceptors (Lipinski definition) is 16. The van der Waals surface area contributed by atoms with Gasteiger partial charge in [-0.2, -0.15) is 4.98 Å². The monoisotopic (exact) mass is 678 g/mol. The molecule has 3 aliphatic rings. The van der Waals surface area contributed by atoms with Crippen LogP contribution in [-0.4, -0.2) is 89.0 Å². The van der Waals surface area contributed by atoms with Crippen molar-refractivity contribution in [3.8, 4) is 0 Å². The van der Waals surface area contributed by atoms with E-state index in [-0.39, 0.29) is 34.1 Å². The Balaban J connectivity index is 1.18. The molecule has 3 saturated heterocycles. The maximum Gasteiger partial charge on any atom is 0.386 e. The number of nitrogens with zero attached hydrogens (tertiary/aromatic N) is 7. The van der Waals surface area contributed by atoms with Crippen LogP contribution in [0, 0.1) is 0 Å². The van der Waals surface area contributed by atoms with Crippen LogP contribution in [0.5, 0.6) is 0 Å². The average Bonchev–Trinajstić information content (AvgIpc) is 3.72. The van der Waals surface area contributed by atoms with Crippen molar-refractivity contribution >= 4 is 61.4 Å². The predicted molar refractivity (Wildman–Crippen MR) is 147 cm³/mol. The zero-order chi connectivity index (χ0) is 30.9. The summed E-state index contributed by atoms with van der Waals surface area (Å²) in [6.45, 7) is -5.76. The van der Waals surface area contributed by atoms with Crippen LogP contribution in [0.3, 0.4) is 0 Å². The summed E-state index contributed by atoms with van der Waals surface area (Å²) in [5, 5.41) is 0. The number of aromatic nitrogens is 8. The Hall–Kier alpha value is -3.07. The molecule has 236 valence electrons. The first kappa shape index (κ1) is 29.6. The lowest BCUT2D eigenvalue weighted by atomic mass is 10.1. The van der Waals surface area contributed by atoms with E-state index in [2.05, 4.69) is 42.2 Å². The molecular formula is C20H22F2N10O9P2S. The topological polar surface area (TPSA) is 249 Å². The van der Waals surface area contributed by atoms with Gasteiger partial charge in [-0.05, 0) is 0 Å². The summed E-state index contributed by atoms with van der Waals surface area (Å²) in [5.74, 6) is -0.209. The molecule has 2 bridgehead atoms. The number of halogens is 2. The van der Waals surface area contributed by atoms with E-state index in [1.165, 1.54) is 10.9 Å². The van der Waals surface area contributed by atoms with Gasteiger partial charge < -0.3 is 30.0 Å². The molecule has 0 aliphatic carbocycles. The number of H-pyrrole nitrogens is 1. The van der Waals surface area contributed by atoms with E-state index >= 15 is 8.78 Å². The number of fused-ring (bicyclic) bond motifs is 5. The Kier molecular flexibility index (Phi) is 7.46. The van der Waals surface area contributed by atoms with Gasteiger partial charge in [-0.3, -0.25) is 32.5 Å². The van der Waals surface area contributed by atoms with Crippen molar-refractivity contribution in [2.24, 2.45) is 0 Å². The molecule has 10 atom stereocenters. The zero-order valence-corrected chi connectivity index (χ0v) is 24.7. The Morgan fingerprint density at radius 1 is 0.977 bits per heavy atom. The van der Waals surface area contributed by atoms with Gasteiger partial charge >= 0.3 is 15.1 Å². The maximum atomic E-state index is 15.9. The van der Waals surface area contributed by atoms with Crippen molar-refractivity contribution in [1.82, 2.24) is 39.0 Å². The van der Waals surface area contributed by atoms with Gasteiger partial charge in [-0.25, -0.2) is 33.3 Å². The molecule has 0 saturated carbocycles. The van der Waals surface area contributed by atoms with E-state index in [4.69, 9.17) is 39.0 Å². The second kappa shape index (κ2) is 11.1. The highest BCUT2D eigenvalue weighted by Crippen LogP contribution is 2.58. The second-order valence-electron chi connectivity index (χ2n) is 9.86. The maximum absolute atomic E-state index is 15.9. The van der Waals surface area contributed by atoms with E-state index in [1.807, 2.05) is 0 Å². The zero-order valence-electron chi connectivity index (χ0n) is 21.9. The lowest BCUT2D eigenvalue weighted by Crippen LogP contribution is -2.33. The summed E-state index contributed by atoms with van der Waals surface area (Å²) >= 11 is 3.99. The first-order valence-electron chi connectivity index (χ1n) is 12.7. The van der Waals surface area contributed by atoms with Crippen LogP contribution in [-0.2, 0) is 36.7 Å². The first-order valence-corrected chi connectivity index (χ1v) is 16.7. The van der Waals surface area contributed by atoms with E-state index in [1.54, 1.807) is 0 Å². The molecule has 3 aliphatic heterocycles. The highest BCUT2D eigenvalue weighted by Gasteiger charge is 2.53. The lowest BCUT2D eigenvalue weighted by Gasteiger charge is -2.25. The van der Waals surface area contributed by atoms with Crippen molar-refractivity contribution < 1.29 is 45.5 Å². The van der Waals surface area contributed by atoms with Crippen molar-refractivity contribution in [3.63, 3.8) is 0 Å². The fraction of sp³-hybridized carbons (Fsp3) is 0.500. The molecule has 4 aromatic heterocycles. The molecule has 7 rings (SSSR count). The third kappa shape index (κ3) is 5.09. The van der Waals surface area contributed by atoms with Gasteiger partial charge in [0.15, 0.2) is 47.4 Å². The predicted octanol–water partition coefficient (Wildman–Crippen LogP) is 0.840. The third-order valence-corrected chi connectivity index (χ3v) is 9.65. The Bertz CT molecular complexity index is 1880. The molecule has 5 N–H and O–H groups in total. The number of ether oxygens (including phenoxy) is 2. The molecular weight excluding hydrogens is 656 g/mol. The molecule has 3 fully saturated rings. The van der Waals surface area contributed by atoms with Crippen LogP contribution in [0.2, 0.25) is 0 Å². The molecule has 7 heterocycles. The van der Waals surface area contributed by atoms with E-state index in [0.29, 0.717) is 0 Å². The molecule has 1 unspecified atom stereocenters. The average molecular weight is 678 g/mol. The summed E-state index contributed by atoms with van der Waals surface area (Å²) in [6.07, 6.45) is -9.48. The molecule has 0 aromatic carbocycles. The van der Waals surface area contributed by atoms with E-state index in [0.717, 1.165) is 17.2 Å². The molecule has 24 heteroatoms. The van der Waals surface area contributed by atoms with Gasteiger partial charge in [-0.1, -0.05) is 12.2 Å². The highest BCUT2D eigenvalue weighted by molar-refractivity contribution is 8.44. The van der Waals surface area contributed by atoms with Crippen LogP contribution in [0.1, 0.15) is 12.5 Å². The van der Waals surface area contributed by atoms with E-state index in [9.17, 15) is 13.9 Å². The quantitative estimate of drug-likeness (QED) is 0.169. The summed E-state index contributed by atoms with van der Waals surface area (Å²) in [7, 11) is -3.52.